The fourth-order valence-electron chi connectivity index (χ4n) is 1.94. The molecule has 3 aromatic rings. The van der Waals surface area contributed by atoms with E-state index in [1.807, 2.05) is 18.2 Å². The third-order valence-corrected chi connectivity index (χ3v) is 4.23. The zero-order valence-electron chi connectivity index (χ0n) is 10.7. The second-order valence-corrected chi connectivity index (χ2v) is 5.76. The van der Waals surface area contributed by atoms with Gasteiger partial charge in [0, 0.05) is 17.2 Å². The first-order valence-electron chi connectivity index (χ1n) is 6.10. The number of amides is 1. The molecule has 0 fully saturated rings. The van der Waals surface area contributed by atoms with Gasteiger partial charge in [-0.15, -0.1) is 0 Å². The highest BCUT2D eigenvalue weighted by atomic mass is 32.2. The molecule has 1 unspecified atom stereocenters. The summed E-state index contributed by atoms with van der Waals surface area (Å²) >= 11 is -1.29. The number of nitrogens with zero attached hydrogens (tertiary/aromatic N) is 1. The van der Waals surface area contributed by atoms with Gasteiger partial charge in [-0.2, -0.15) is 0 Å². The van der Waals surface area contributed by atoms with Crippen LogP contribution in [0.15, 0.2) is 58.3 Å². The zero-order valence-corrected chi connectivity index (χ0v) is 11.6. The largest absolute Gasteiger partial charge is 0.606 e. The van der Waals surface area contributed by atoms with Gasteiger partial charge in [0.2, 0.25) is 5.95 Å². The Bertz CT molecular complexity index is 789. The third-order valence-electron chi connectivity index (χ3n) is 2.85. The maximum absolute atomic E-state index is 12.4. The van der Waals surface area contributed by atoms with Crippen molar-refractivity contribution in [3.63, 3.8) is 0 Å². The topological polar surface area (TPSA) is 101 Å². The van der Waals surface area contributed by atoms with Gasteiger partial charge < -0.3 is 14.6 Å². The van der Waals surface area contributed by atoms with Crippen molar-refractivity contribution in [1.82, 2.24) is 9.97 Å². The van der Waals surface area contributed by atoms with Gasteiger partial charge in [-0.1, -0.05) is 18.2 Å². The van der Waals surface area contributed by atoms with Crippen LogP contribution in [0.4, 0.5) is 10.7 Å². The van der Waals surface area contributed by atoms with Crippen molar-refractivity contribution in [2.75, 3.05) is 5.32 Å². The summed E-state index contributed by atoms with van der Waals surface area (Å²) in [6.07, 6.45) is -1.19. The Balaban J connectivity index is 1.95. The van der Waals surface area contributed by atoms with Crippen LogP contribution in [-0.4, -0.2) is 25.7 Å². The molecule has 0 saturated carbocycles. The summed E-state index contributed by atoms with van der Waals surface area (Å²) < 4.78 is 12.4. The van der Waals surface area contributed by atoms with E-state index < -0.39 is 17.3 Å². The number of rotatable bonds is 3. The molecule has 1 amide bonds. The van der Waals surface area contributed by atoms with Crippen molar-refractivity contribution < 1.29 is 14.5 Å². The average Bonchev–Trinajstić information content (AvgIpc) is 2.87. The molecule has 7 heteroatoms. The van der Waals surface area contributed by atoms with E-state index in [1.54, 1.807) is 30.3 Å². The van der Waals surface area contributed by atoms with Crippen LogP contribution in [0.1, 0.15) is 0 Å². The first-order chi connectivity index (χ1) is 10.1. The number of aromatic amines is 1. The number of benzene rings is 2. The molecule has 0 aliphatic carbocycles. The summed E-state index contributed by atoms with van der Waals surface area (Å²) in [5.41, 5.74) is 1.23. The molecule has 2 aromatic carbocycles. The number of carboxylic acid groups (broad SMARTS) is 1. The van der Waals surface area contributed by atoms with E-state index in [4.69, 9.17) is 5.11 Å². The van der Waals surface area contributed by atoms with E-state index in [0.717, 1.165) is 0 Å². The number of carbonyl (C=O) groups is 1. The van der Waals surface area contributed by atoms with Gasteiger partial charge in [0.15, 0.2) is 9.79 Å². The van der Waals surface area contributed by atoms with E-state index >= 15 is 0 Å². The molecule has 0 saturated heterocycles. The maximum Gasteiger partial charge on any atom is 0.411 e. The minimum Gasteiger partial charge on any atom is -0.606 e. The van der Waals surface area contributed by atoms with Crippen LogP contribution in [-0.2, 0) is 11.2 Å². The minimum atomic E-state index is -1.29. The van der Waals surface area contributed by atoms with Crippen LogP contribution in [0.3, 0.4) is 0 Å². The molecule has 6 nitrogen and oxygen atoms in total. The third kappa shape index (κ3) is 2.83. The van der Waals surface area contributed by atoms with Crippen molar-refractivity contribution in [3.05, 3.63) is 48.5 Å². The molecule has 1 aromatic heterocycles. The summed E-state index contributed by atoms with van der Waals surface area (Å²) in [4.78, 5) is 18.8. The summed E-state index contributed by atoms with van der Waals surface area (Å²) in [6, 6.07) is 14.2. The Morgan fingerprint density at radius 3 is 2.67 bits per heavy atom. The highest BCUT2D eigenvalue weighted by molar-refractivity contribution is 7.91. The van der Waals surface area contributed by atoms with Crippen LogP contribution >= 0.6 is 0 Å². The SMILES string of the molecule is O=C(O)Nc1nc2ccc([S+]([O-])c3ccccc3)cc2[nH]1. The lowest BCUT2D eigenvalue weighted by atomic mass is 10.3. The van der Waals surface area contributed by atoms with Crippen LogP contribution in [0.25, 0.3) is 11.0 Å². The Kier molecular flexibility index (Phi) is 3.51. The molecule has 0 radical (unpaired) electrons. The van der Waals surface area contributed by atoms with Gasteiger partial charge in [0.25, 0.3) is 0 Å². The Hall–Kier alpha value is -2.51. The number of H-pyrrole nitrogens is 1. The van der Waals surface area contributed by atoms with Crippen LogP contribution in [0.5, 0.6) is 0 Å². The van der Waals surface area contributed by atoms with Crippen molar-refractivity contribution in [2.45, 2.75) is 9.79 Å². The number of imidazole rings is 1. The number of hydrogen-bond donors (Lipinski definition) is 3. The lowest BCUT2D eigenvalue weighted by molar-refractivity contribution is 0.209. The fraction of sp³-hybridized carbons (Fsp3) is 0. The molecule has 0 bridgehead atoms. The van der Waals surface area contributed by atoms with Crippen molar-refractivity contribution in [2.24, 2.45) is 0 Å². The zero-order chi connectivity index (χ0) is 14.8. The van der Waals surface area contributed by atoms with E-state index in [2.05, 4.69) is 15.3 Å². The standard InChI is InChI=1S/C14H11N3O3S/c18-14(19)17-13-15-11-7-6-10(8-12(11)16-13)21(20)9-4-2-1-3-5-9/h1-8H,(H,18,19)(H2,15,16,17). The van der Waals surface area contributed by atoms with Gasteiger partial charge in [0.05, 0.1) is 11.0 Å². The minimum absolute atomic E-state index is 0.139. The van der Waals surface area contributed by atoms with E-state index in [1.165, 1.54) is 0 Å². The number of hydrogen-bond acceptors (Lipinski definition) is 3. The second-order valence-electron chi connectivity index (χ2n) is 4.28. The molecular weight excluding hydrogens is 290 g/mol. The fourth-order valence-corrected chi connectivity index (χ4v) is 3.04. The molecule has 21 heavy (non-hydrogen) atoms. The van der Waals surface area contributed by atoms with Crippen molar-refractivity contribution >= 4 is 34.3 Å². The molecule has 1 heterocycles. The summed E-state index contributed by atoms with van der Waals surface area (Å²) in [7, 11) is 0. The Morgan fingerprint density at radius 2 is 1.95 bits per heavy atom. The normalized spacial score (nSPS) is 12.2. The number of anilines is 1. The summed E-state index contributed by atoms with van der Waals surface area (Å²) in [5, 5.41) is 10.8. The number of fused-ring (bicyclic) bond motifs is 1. The molecule has 0 spiro atoms. The smallest absolute Gasteiger partial charge is 0.411 e. The molecular formula is C14H11N3O3S. The quantitative estimate of drug-likeness (QED) is 0.647. The predicted octanol–water partition coefficient (Wildman–Crippen LogP) is 2.82. The molecule has 0 aliphatic heterocycles. The first kappa shape index (κ1) is 13.5. The molecule has 3 N–H and O–H groups in total. The van der Waals surface area contributed by atoms with E-state index in [9.17, 15) is 9.35 Å². The van der Waals surface area contributed by atoms with Gasteiger partial charge >= 0.3 is 6.09 Å². The number of nitrogens with one attached hydrogen (secondary N) is 2. The highest BCUT2D eigenvalue weighted by Crippen LogP contribution is 2.24. The Labute approximate surface area is 123 Å². The van der Waals surface area contributed by atoms with Crippen molar-refractivity contribution in [3.8, 4) is 0 Å². The monoisotopic (exact) mass is 301 g/mol. The lowest BCUT2D eigenvalue weighted by Gasteiger charge is -2.09. The van der Waals surface area contributed by atoms with Crippen LogP contribution in [0, 0.1) is 0 Å². The molecule has 1 atom stereocenters. The molecule has 0 aliphatic rings. The highest BCUT2D eigenvalue weighted by Gasteiger charge is 2.16. The Morgan fingerprint density at radius 1 is 1.19 bits per heavy atom. The lowest BCUT2D eigenvalue weighted by Crippen LogP contribution is -2.08. The first-order valence-corrected chi connectivity index (χ1v) is 7.25. The summed E-state index contributed by atoms with van der Waals surface area (Å²) in [5.74, 6) is 0.139. The predicted molar refractivity (Wildman–Crippen MR) is 78.9 cm³/mol. The van der Waals surface area contributed by atoms with Gasteiger partial charge in [-0.3, -0.25) is 5.32 Å². The summed E-state index contributed by atoms with van der Waals surface area (Å²) in [6.45, 7) is 0. The van der Waals surface area contributed by atoms with Crippen LogP contribution in [0.2, 0.25) is 0 Å². The molecule has 3 rings (SSSR count). The van der Waals surface area contributed by atoms with E-state index in [-0.39, 0.29) is 5.95 Å². The second kappa shape index (κ2) is 5.47. The van der Waals surface area contributed by atoms with Crippen LogP contribution < -0.4 is 5.32 Å². The van der Waals surface area contributed by atoms with E-state index in [0.29, 0.717) is 20.8 Å². The van der Waals surface area contributed by atoms with Gasteiger partial charge in [-0.25, -0.2) is 9.78 Å². The maximum atomic E-state index is 12.4. The van der Waals surface area contributed by atoms with Gasteiger partial charge in [0.1, 0.15) is 0 Å². The number of aromatic nitrogens is 2. The van der Waals surface area contributed by atoms with Crippen molar-refractivity contribution in [1.29, 1.82) is 0 Å². The average molecular weight is 301 g/mol. The van der Waals surface area contributed by atoms with Gasteiger partial charge in [-0.05, 0) is 24.3 Å². The molecule has 106 valence electrons.